The highest BCUT2D eigenvalue weighted by Gasteiger charge is 2.15. The van der Waals surface area contributed by atoms with E-state index in [1.165, 1.54) is 11.6 Å². The van der Waals surface area contributed by atoms with Gasteiger partial charge in [0.05, 0.1) is 5.56 Å². The first kappa shape index (κ1) is 14.4. The average Bonchev–Trinajstić information content (AvgIpc) is 2.45. The van der Waals surface area contributed by atoms with E-state index in [1.807, 2.05) is 19.1 Å². The molecule has 0 N–H and O–H groups in total. The van der Waals surface area contributed by atoms with Crippen molar-refractivity contribution in [2.75, 3.05) is 0 Å². The van der Waals surface area contributed by atoms with Gasteiger partial charge in [-0.1, -0.05) is 32.0 Å². The van der Waals surface area contributed by atoms with Gasteiger partial charge in [0.25, 0.3) is 0 Å². The molecule has 104 valence electrons. The first-order valence-electron chi connectivity index (χ1n) is 6.99. The molecule has 2 aromatic carbocycles. The second-order valence-electron chi connectivity index (χ2n) is 5.00. The average molecular weight is 270 g/mol. The molecule has 0 aliphatic heterocycles. The molecule has 0 atom stereocenters. The second kappa shape index (κ2) is 6.00. The molecule has 2 heteroatoms. The fourth-order valence-corrected chi connectivity index (χ4v) is 2.40. The van der Waals surface area contributed by atoms with E-state index in [0.717, 1.165) is 24.0 Å². The summed E-state index contributed by atoms with van der Waals surface area (Å²) in [5, 5.41) is 0. The molecule has 0 unspecified atom stereocenters. The molecule has 0 spiro atoms. The van der Waals surface area contributed by atoms with Crippen LogP contribution in [0, 0.1) is 12.7 Å². The summed E-state index contributed by atoms with van der Waals surface area (Å²) in [5.41, 5.74) is 3.91. The van der Waals surface area contributed by atoms with Gasteiger partial charge in [0.1, 0.15) is 5.82 Å². The lowest BCUT2D eigenvalue weighted by molar-refractivity contribution is 0.103. The standard InChI is InChI=1S/C18H19FO/c1-4-13-7-8-15(11-14(13)5-2)18(20)16-9-6-12(3)10-17(16)19/h6-11H,4-5H2,1-3H3. The zero-order valence-electron chi connectivity index (χ0n) is 12.2. The monoisotopic (exact) mass is 270 g/mol. The number of hydrogen-bond acceptors (Lipinski definition) is 1. The Morgan fingerprint density at radius 2 is 1.70 bits per heavy atom. The largest absolute Gasteiger partial charge is 0.288 e. The number of carbonyl (C=O) groups is 1. The summed E-state index contributed by atoms with van der Waals surface area (Å²) in [4.78, 5) is 12.4. The van der Waals surface area contributed by atoms with Gasteiger partial charge in [-0.15, -0.1) is 0 Å². The van der Waals surface area contributed by atoms with Crippen molar-refractivity contribution in [3.05, 3.63) is 70.0 Å². The lowest BCUT2D eigenvalue weighted by atomic mass is 9.95. The lowest BCUT2D eigenvalue weighted by Crippen LogP contribution is -2.06. The molecule has 0 fully saturated rings. The number of carbonyl (C=O) groups excluding carboxylic acids is 1. The van der Waals surface area contributed by atoms with E-state index in [0.29, 0.717) is 5.56 Å². The number of ketones is 1. The minimum Gasteiger partial charge on any atom is -0.288 e. The normalized spacial score (nSPS) is 10.6. The number of hydrogen-bond donors (Lipinski definition) is 0. The van der Waals surface area contributed by atoms with Gasteiger partial charge in [0.15, 0.2) is 5.78 Å². The molecule has 0 aliphatic rings. The summed E-state index contributed by atoms with van der Waals surface area (Å²) in [7, 11) is 0. The predicted molar refractivity (Wildman–Crippen MR) is 79.8 cm³/mol. The molecule has 0 bridgehead atoms. The van der Waals surface area contributed by atoms with E-state index in [-0.39, 0.29) is 11.3 Å². The third-order valence-corrected chi connectivity index (χ3v) is 3.60. The topological polar surface area (TPSA) is 17.1 Å². The van der Waals surface area contributed by atoms with E-state index in [9.17, 15) is 9.18 Å². The Kier molecular flexibility index (Phi) is 4.33. The molecule has 0 saturated carbocycles. The summed E-state index contributed by atoms with van der Waals surface area (Å²) < 4.78 is 13.9. The van der Waals surface area contributed by atoms with Crippen molar-refractivity contribution in [2.45, 2.75) is 33.6 Å². The minimum atomic E-state index is -0.451. The number of aryl methyl sites for hydroxylation is 3. The summed E-state index contributed by atoms with van der Waals surface area (Å²) in [5.74, 6) is -0.701. The Labute approximate surface area is 119 Å². The van der Waals surface area contributed by atoms with Crippen LogP contribution in [0.5, 0.6) is 0 Å². The Morgan fingerprint density at radius 3 is 2.30 bits per heavy atom. The van der Waals surface area contributed by atoms with Gasteiger partial charge in [-0.2, -0.15) is 0 Å². The van der Waals surface area contributed by atoms with Crippen molar-refractivity contribution >= 4 is 5.78 Å². The van der Waals surface area contributed by atoms with Gasteiger partial charge in [-0.25, -0.2) is 4.39 Å². The molecule has 2 aromatic rings. The third-order valence-electron chi connectivity index (χ3n) is 3.60. The maximum atomic E-state index is 13.9. The fraction of sp³-hybridized carbons (Fsp3) is 0.278. The Hall–Kier alpha value is -1.96. The maximum absolute atomic E-state index is 13.9. The highest BCUT2D eigenvalue weighted by molar-refractivity contribution is 6.09. The molecule has 0 saturated heterocycles. The second-order valence-corrected chi connectivity index (χ2v) is 5.00. The van der Waals surface area contributed by atoms with Crippen LogP contribution in [0.3, 0.4) is 0 Å². The SMILES string of the molecule is CCc1ccc(C(=O)c2ccc(C)cc2F)cc1CC. The summed E-state index contributed by atoms with van der Waals surface area (Å²) in [6.07, 6.45) is 1.82. The zero-order chi connectivity index (χ0) is 14.7. The molecule has 0 amide bonds. The lowest BCUT2D eigenvalue weighted by Gasteiger charge is -2.09. The molecule has 0 heterocycles. The van der Waals surface area contributed by atoms with Crippen molar-refractivity contribution in [3.8, 4) is 0 Å². The van der Waals surface area contributed by atoms with Gasteiger partial charge in [0.2, 0.25) is 0 Å². The van der Waals surface area contributed by atoms with Crippen LogP contribution < -0.4 is 0 Å². The van der Waals surface area contributed by atoms with Crippen LogP contribution in [0.15, 0.2) is 36.4 Å². The highest BCUT2D eigenvalue weighted by Crippen LogP contribution is 2.19. The van der Waals surface area contributed by atoms with Gasteiger partial charge in [-0.3, -0.25) is 4.79 Å². The van der Waals surface area contributed by atoms with Gasteiger partial charge >= 0.3 is 0 Å². The summed E-state index contributed by atoms with van der Waals surface area (Å²) in [6, 6.07) is 10.4. The van der Waals surface area contributed by atoms with Crippen LogP contribution in [0.25, 0.3) is 0 Å². The minimum absolute atomic E-state index is 0.141. The predicted octanol–water partition coefficient (Wildman–Crippen LogP) is 4.49. The van der Waals surface area contributed by atoms with Crippen LogP contribution >= 0.6 is 0 Å². The van der Waals surface area contributed by atoms with E-state index in [4.69, 9.17) is 0 Å². The van der Waals surface area contributed by atoms with Gasteiger partial charge < -0.3 is 0 Å². The number of benzene rings is 2. The van der Waals surface area contributed by atoms with Crippen molar-refractivity contribution < 1.29 is 9.18 Å². The zero-order valence-corrected chi connectivity index (χ0v) is 12.2. The van der Waals surface area contributed by atoms with Crippen LogP contribution in [-0.2, 0) is 12.8 Å². The molecule has 0 aromatic heterocycles. The van der Waals surface area contributed by atoms with Crippen molar-refractivity contribution in [3.63, 3.8) is 0 Å². The first-order chi connectivity index (χ1) is 9.56. The number of rotatable bonds is 4. The van der Waals surface area contributed by atoms with E-state index >= 15 is 0 Å². The molecule has 0 aliphatic carbocycles. The van der Waals surface area contributed by atoms with Gasteiger partial charge in [0, 0.05) is 5.56 Å². The summed E-state index contributed by atoms with van der Waals surface area (Å²) >= 11 is 0. The Morgan fingerprint density at radius 1 is 1.00 bits per heavy atom. The maximum Gasteiger partial charge on any atom is 0.195 e. The van der Waals surface area contributed by atoms with E-state index < -0.39 is 5.82 Å². The highest BCUT2D eigenvalue weighted by atomic mass is 19.1. The molecule has 1 nitrogen and oxygen atoms in total. The van der Waals surface area contributed by atoms with Crippen LogP contribution in [0.1, 0.15) is 46.5 Å². The van der Waals surface area contributed by atoms with Crippen LogP contribution in [-0.4, -0.2) is 5.78 Å². The molecule has 0 radical (unpaired) electrons. The molecule has 2 rings (SSSR count). The van der Waals surface area contributed by atoms with E-state index in [2.05, 4.69) is 13.8 Å². The van der Waals surface area contributed by atoms with Gasteiger partial charge in [-0.05, 0) is 54.7 Å². The smallest absolute Gasteiger partial charge is 0.195 e. The third kappa shape index (κ3) is 2.79. The Bertz CT molecular complexity index is 644. The molecular formula is C18H19FO. The molecule has 20 heavy (non-hydrogen) atoms. The molecular weight excluding hydrogens is 251 g/mol. The summed E-state index contributed by atoms with van der Waals surface area (Å²) in [6.45, 7) is 5.97. The van der Waals surface area contributed by atoms with Crippen molar-refractivity contribution in [2.24, 2.45) is 0 Å². The van der Waals surface area contributed by atoms with Crippen molar-refractivity contribution in [1.29, 1.82) is 0 Å². The van der Waals surface area contributed by atoms with E-state index in [1.54, 1.807) is 18.2 Å². The van der Waals surface area contributed by atoms with Crippen LogP contribution in [0.4, 0.5) is 4.39 Å². The Balaban J connectivity index is 2.43. The van der Waals surface area contributed by atoms with Crippen molar-refractivity contribution in [1.82, 2.24) is 0 Å². The fourth-order valence-electron chi connectivity index (χ4n) is 2.40. The first-order valence-corrected chi connectivity index (χ1v) is 6.99. The quantitative estimate of drug-likeness (QED) is 0.748. The van der Waals surface area contributed by atoms with Crippen LogP contribution in [0.2, 0.25) is 0 Å². The number of halogens is 1.